The van der Waals surface area contributed by atoms with E-state index < -0.39 is 0 Å². The molecule has 2 nitrogen and oxygen atoms in total. The van der Waals surface area contributed by atoms with E-state index in [1.54, 1.807) is 6.26 Å². The molecule has 1 aliphatic rings. The summed E-state index contributed by atoms with van der Waals surface area (Å²) in [5.41, 5.74) is 0. The van der Waals surface area contributed by atoms with Gasteiger partial charge in [-0.15, -0.1) is 0 Å². The molecule has 0 aromatic rings. The number of hydrogen-bond donors (Lipinski definition) is 0. The summed E-state index contributed by atoms with van der Waals surface area (Å²) >= 11 is 0. The fraction of sp³-hybridized carbons (Fsp3) is 0.778. The maximum absolute atomic E-state index is 5.45. The molecule has 0 radical (unpaired) electrons. The van der Waals surface area contributed by atoms with Gasteiger partial charge in [-0.2, -0.15) is 0 Å². The van der Waals surface area contributed by atoms with E-state index in [0.29, 0.717) is 0 Å². The Morgan fingerprint density at radius 2 is 2.55 bits per heavy atom. The zero-order chi connectivity index (χ0) is 7.94. The van der Waals surface area contributed by atoms with E-state index >= 15 is 0 Å². The summed E-state index contributed by atoms with van der Waals surface area (Å²) in [7, 11) is 0. The minimum Gasteiger partial charge on any atom is -0.473 e. The van der Waals surface area contributed by atoms with Crippen molar-refractivity contribution >= 4 is 0 Å². The van der Waals surface area contributed by atoms with Gasteiger partial charge in [0, 0.05) is 6.42 Å². The van der Waals surface area contributed by atoms with Crippen LogP contribution in [0.15, 0.2) is 12.3 Å². The highest BCUT2D eigenvalue weighted by Gasteiger charge is 2.09. The van der Waals surface area contributed by atoms with Crippen LogP contribution in [0.3, 0.4) is 0 Å². The van der Waals surface area contributed by atoms with Crippen molar-refractivity contribution < 1.29 is 9.47 Å². The Kier molecular flexibility index (Phi) is 4.06. The Hall–Kier alpha value is -0.500. The van der Waals surface area contributed by atoms with Crippen molar-refractivity contribution in [1.29, 1.82) is 0 Å². The topological polar surface area (TPSA) is 18.5 Å². The van der Waals surface area contributed by atoms with Gasteiger partial charge in [0.1, 0.15) is 0 Å². The van der Waals surface area contributed by atoms with Crippen LogP contribution in [-0.2, 0) is 9.47 Å². The zero-order valence-corrected chi connectivity index (χ0v) is 7.08. The Morgan fingerprint density at radius 3 is 3.18 bits per heavy atom. The molecule has 2 heteroatoms. The quantitative estimate of drug-likeness (QED) is 0.582. The Bertz CT molecular complexity index is 121. The summed E-state index contributed by atoms with van der Waals surface area (Å²) in [6, 6.07) is 0. The first-order valence-electron chi connectivity index (χ1n) is 4.35. The predicted octanol–water partition coefficient (Wildman–Crippen LogP) is 2.45. The summed E-state index contributed by atoms with van der Waals surface area (Å²) in [4.78, 5) is 0. The molecule has 0 spiro atoms. The van der Waals surface area contributed by atoms with Crippen LogP contribution >= 0.6 is 0 Å². The second kappa shape index (κ2) is 5.19. The first-order chi connectivity index (χ1) is 5.43. The number of rotatable bonds is 4. The van der Waals surface area contributed by atoms with E-state index in [1.165, 1.54) is 6.42 Å². The molecule has 1 heterocycles. The predicted molar refractivity (Wildman–Crippen MR) is 44.1 cm³/mol. The lowest BCUT2D eigenvalue weighted by Gasteiger charge is -2.19. The molecular weight excluding hydrogens is 140 g/mol. The van der Waals surface area contributed by atoms with Crippen molar-refractivity contribution in [2.45, 2.75) is 38.9 Å². The molecule has 1 atom stereocenters. The highest BCUT2D eigenvalue weighted by Crippen LogP contribution is 2.11. The highest BCUT2D eigenvalue weighted by molar-refractivity contribution is 4.78. The standard InChI is InChI=1S/C9H16O2/c1-2-3-7-10-9-6-4-5-8-11-9/h5,8-9H,2-4,6-7H2,1H3. The van der Waals surface area contributed by atoms with Gasteiger partial charge in [0.05, 0.1) is 12.9 Å². The third kappa shape index (κ3) is 3.42. The van der Waals surface area contributed by atoms with Crippen LogP contribution in [0.25, 0.3) is 0 Å². The number of hydrogen-bond acceptors (Lipinski definition) is 2. The van der Waals surface area contributed by atoms with Crippen LogP contribution in [0.4, 0.5) is 0 Å². The normalized spacial score (nSPS) is 23.2. The lowest BCUT2D eigenvalue weighted by atomic mass is 10.2. The van der Waals surface area contributed by atoms with Crippen LogP contribution in [-0.4, -0.2) is 12.9 Å². The van der Waals surface area contributed by atoms with E-state index in [4.69, 9.17) is 9.47 Å². The number of allylic oxidation sites excluding steroid dienone is 1. The first-order valence-corrected chi connectivity index (χ1v) is 4.35. The lowest BCUT2D eigenvalue weighted by Crippen LogP contribution is -2.17. The van der Waals surface area contributed by atoms with E-state index in [0.717, 1.165) is 25.9 Å². The van der Waals surface area contributed by atoms with E-state index in [9.17, 15) is 0 Å². The van der Waals surface area contributed by atoms with Gasteiger partial charge in [-0.25, -0.2) is 0 Å². The molecule has 1 rings (SSSR count). The van der Waals surface area contributed by atoms with Gasteiger partial charge in [-0.05, 0) is 18.9 Å². The second-order valence-electron chi connectivity index (χ2n) is 2.74. The number of ether oxygens (including phenoxy) is 2. The zero-order valence-electron chi connectivity index (χ0n) is 7.08. The van der Waals surface area contributed by atoms with Gasteiger partial charge in [0.25, 0.3) is 0 Å². The fourth-order valence-corrected chi connectivity index (χ4v) is 0.993. The summed E-state index contributed by atoms with van der Waals surface area (Å²) < 4.78 is 10.7. The Labute approximate surface area is 68.2 Å². The minimum atomic E-state index is 0.0200. The molecule has 0 aromatic carbocycles. The average molecular weight is 156 g/mol. The maximum Gasteiger partial charge on any atom is 0.199 e. The fourth-order valence-electron chi connectivity index (χ4n) is 0.993. The van der Waals surface area contributed by atoms with Gasteiger partial charge in [0.15, 0.2) is 6.29 Å². The van der Waals surface area contributed by atoms with E-state index in [-0.39, 0.29) is 6.29 Å². The van der Waals surface area contributed by atoms with E-state index in [2.05, 4.69) is 6.92 Å². The minimum absolute atomic E-state index is 0.0200. The van der Waals surface area contributed by atoms with Gasteiger partial charge >= 0.3 is 0 Å². The molecule has 0 saturated carbocycles. The van der Waals surface area contributed by atoms with Crippen molar-refractivity contribution in [3.8, 4) is 0 Å². The van der Waals surface area contributed by atoms with Crippen molar-refractivity contribution in [2.24, 2.45) is 0 Å². The molecule has 0 bridgehead atoms. The van der Waals surface area contributed by atoms with Crippen molar-refractivity contribution in [3.63, 3.8) is 0 Å². The Morgan fingerprint density at radius 1 is 1.64 bits per heavy atom. The smallest absolute Gasteiger partial charge is 0.199 e. The summed E-state index contributed by atoms with van der Waals surface area (Å²) in [6.45, 7) is 2.99. The van der Waals surface area contributed by atoms with Gasteiger partial charge in [-0.1, -0.05) is 13.3 Å². The van der Waals surface area contributed by atoms with Crippen LogP contribution in [0, 0.1) is 0 Å². The monoisotopic (exact) mass is 156 g/mol. The second-order valence-corrected chi connectivity index (χ2v) is 2.74. The molecule has 0 N–H and O–H groups in total. The molecule has 0 fully saturated rings. The Balaban J connectivity index is 2.02. The largest absolute Gasteiger partial charge is 0.473 e. The van der Waals surface area contributed by atoms with Crippen LogP contribution in [0.5, 0.6) is 0 Å². The molecule has 0 aromatic heterocycles. The van der Waals surface area contributed by atoms with Crippen molar-refractivity contribution in [3.05, 3.63) is 12.3 Å². The third-order valence-electron chi connectivity index (χ3n) is 1.70. The summed E-state index contributed by atoms with van der Waals surface area (Å²) in [5, 5.41) is 0. The molecular formula is C9H16O2. The maximum atomic E-state index is 5.45. The van der Waals surface area contributed by atoms with Gasteiger partial charge in [-0.3, -0.25) is 0 Å². The molecule has 0 saturated heterocycles. The van der Waals surface area contributed by atoms with Crippen molar-refractivity contribution in [2.75, 3.05) is 6.61 Å². The summed E-state index contributed by atoms with van der Waals surface area (Å²) in [5.74, 6) is 0. The van der Waals surface area contributed by atoms with Gasteiger partial charge < -0.3 is 9.47 Å². The molecule has 1 unspecified atom stereocenters. The van der Waals surface area contributed by atoms with E-state index in [1.807, 2.05) is 6.08 Å². The van der Waals surface area contributed by atoms with Crippen molar-refractivity contribution in [1.82, 2.24) is 0 Å². The molecule has 11 heavy (non-hydrogen) atoms. The van der Waals surface area contributed by atoms with Crippen LogP contribution in [0.2, 0.25) is 0 Å². The van der Waals surface area contributed by atoms with Crippen LogP contribution < -0.4 is 0 Å². The lowest BCUT2D eigenvalue weighted by molar-refractivity contribution is -0.115. The average Bonchev–Trinajstić information content (AvgIpc) is 2.07. The molecule has 64 valence electrons. The number of unbranched alkanes of at least 4 members (excludes halogenated alkanes) is 1. The molecule has 1 aliphatic heterocycles. The highest BCUT2D eigenvalue weighted by atomic mass is 16.7. The van der Waals surface area contributed by atoms with Crippen LogP contribution in [0.1, 0.15) is 32.6 Å². The molecule has 0 amide bonds. The third-order valence-corrected chi connectivity index (χ3v) is 1.70. The molecule has 0 aliphatic carbocycles. The first kappa shape index (κ1) is 8.60. The van der Waals surface area contributed by atoms with Gasteiger partial charge in [0.2, 0.25) is 0 Å². The SMILES string of the molecule is CCCCOC1CCC=CO1. The summed E-state index contributed by atoms with van der Waals surface area (Å²) in [6.07, 6.45) is 8.18.